The first-order chi connectivity index (χ1) is 12.1. The van der Waals surface area contributed by atoms with E-state index in [1.54, 1.807) is 7.11 Å². The molecular weight excluding hydrogens is 338 g/mol. The maximum atomic E-state index is 12.0. The zero-order valence-corrected chi connectivity index (χ0v) is 15.8. The van der Waals surface area contributed by atoms with Crippen LogP contribution in [0, 0.1) is 0 Å². The summed E-state index contributed by atoms with van der Waals surface area (Å²) in [6.07, 6.45) is 4.53. The van der Waals surface area contributed by atoms with Crippen molar-refractivity contribution in [2.24, 2.45) is 0 Å². The second-order valence-electron chi connectivity index (χ2n) is 5.85. The average molecular weight is 363 g/mol. The van der Waals surface area contributed by atoms with Crippen molar-refractivity contribution in [3.63, 3.8) is 0 Å². The largest absolute Gasteiger partial charge is 0.497 e. The number of methoxy groups -OCH3 is 1. The molecule has 0 aliphatic carbocycles. The number of aromatic nitrogens is 2. The SMILES string of the molecule is CCCCCC(C)NC(=O)CSc1nnc(-c2ccc(OC)cc2)o1. The number of thioether (sulfide) groups is 1. The minimum Gasteiger partial charge on any atom is -0.497 e. The van der Waals surface area contributed by atoms with E-state index in [0.717, 1.165) is 24.2 Å². The highest BCUT2D eigenvalue weighted by molar-refractivity contribution is 7.99. The van der Waals surface area contributed by atoms with Gasteiger partial charge in [-0.05, 0) is 37.6 Å². The monoisotopic (exact) mass is 363 g/mol. The molecule has 2 aromatic rings. The van der Waals surface area contributed by atoms with E-state index in [-0.39, 0.29) is 17.7 Å². The molecule has 1 atom stereocenters. The van der Waals surface area contributed by atoms with Gasteiger partial charge in [-0.15, -0.1) is 10.2 Å². The summed E-state index contributed by atoms with van der Waals surface area (Å²) in [5.41, 5.74) is 0.814. The Kier molecular flexibility index (Phi) is 7.78. The Morgan fingerprint density at radius 3 is 2.72 bits per heavy atom. The van der Waals surface area contributed by atoms with Gasteiger partial charge in [-0.1, -0.05) is 37.9 Å². The molecule has 2 rings (SSSR count). The molecular formula is C18H25N3O3S. The van der Waals surface area contributed by atoms with E-state index >= 15 is 0 Å². The van der Waals surface area contributed by atoms with Crippen molar-refractivity contribution in [2.75, 3.05) is 12.9 Å². The van der Waals surface area contributed by atoms with Crippen LogP contribution in [-0.2, 0) is 4.79 Å². The van der Waals surface area contributed by atoms with Gasteiger partial charge in [0.15, 0.2) is 0 Å². The maximum Gasteiger partial charge on any atom is 0.277 e. The number of carbonyl (C=O) groups excluding carboxylic acids is 1. The van der Waals surface area contributed by atoms with Gasteiger partial charge in [0.2, 0.25) is 11.8 Å². The first kappa shape index (κ1) is 19.3. The van der Waals surface area contributed by atoms with Crippen LogP contribution in [0.3, 0.4) is 0 Å². The van der Waals surface area contributed by atoms with Crippen LogP contribution in [0.25, 0.3) is 11.5 Å². The Bertz CT molecular complexity index is 658. The molecule has 0 aliphatic heterocycles. The standard InChI is InChI=1S/C18H25N3O3S/c1-4-5-6-7-13(2)19-16(22)12-25-18-21-20-17(24-18)14-8-10-15(23-3)11-9-14/h8-11,13H,4-7,12H2,1-3H3,(H,19,22). The molecule has 0 bridgehead atoms. The lowest BCUT2D eigenvalue weighted by molar-refractivity contribution is -0.119. The highest BCUT2D eigenvalue weighted by Crippen LogP contribution is 2.24. The lowest BCUT2D eigenvalue weighted by atomic mass is 10.1. The van der Waals surface area contributed by atoms with Gasteiger partial charge in [-0.2, -0.15) is 0 Å². The number of carbonyl (C=O) groups is 1. The Morgan fingerprint density at radius 2 is 2.04 bits per heavy atom. The quantitative estimate of drug-likeness (QED) is 0.509. The van der Waals surface area contributed by atoms with Crippen molar-refractivity contribution >= 4 is 17.7 Å². The van der Waals surface area contributed by atoms with Gasteiger partial charge in [0.1, 0.15) is 5.75 Å². The van der Waals surface area contributed by atoms with Gasteiger partial charge in [-0.3, -0.25) is 4.79 Å². The van der Waals surface area contributed by atoms with Gasteiger partial charge < -0.3 is 14.5 Å². The van der Waals surface area contributed by atoms with Crippen molar-refractivity contribution in [2.45, 2.75) is 50.8 Å². The predicted octanol–water partition coefficient (Wildman–Crippen LogP) is 3.92. The first-order valence-electron chi connectivity index (χ1n) is 8.52. The normalized spacial score (nSPS) is 12.0. The number of benzene rings is 1. The van der Waals surface area contributed by atoms with E-state index in [4.69, 9.17) is 9.15 Å². The molecule has 1 aromatic heterocycles. The fourth-order valence-corrected chi connectivity index (χ4v) is 2.91. The van der Waals surface area contributed by atoms with Gasteiger partial charge in [0.05, 0.1) is 12.9 Å². The third-order valence-corrected chi connectivity index (χ3v) is 4.54. The zero-order chi connectivity index (χ0) is 18.1. The Morgan fingerprint density at radius 1 is 1.28 bits per heavy atom. The Hall–Kier alpha value is -2.02. The second-order valence-corrected chi connectivity index (χ2v) is 6.78. The summed E-state index contributed by atoms with van der Waals surface area (Å²) in [4.78, 5) is 12.0. The number of nitrogens with zero attached hydrogens (tertiary/aromatic N) is 2. The number of unbranched alkanes of at least 4 members (excludes halogenated alkanes) is 2. The second kappa shape index (κ2) is 10.1. The molecule has 1 heterocycles. The number of hydrogen-bond acceptors (Lipinski definition) is 6. The minimum absolute atomic E-state index is 0.0156. The molecule has 136 valence electrons. The number of rotatable bonds is 10. The zero-order valence-electron chi connectivity index (χ0n) is 14.9. The molecule has 6 nitrogen and oxygen atoms in total. The summed E-state index contributed by atoms with van der Waals surface area (Å²) in [7, 11) is 1.62. The summed E-state index contributed by atoms with van der Waals surface area (Å²) < 4.78 is 10.7. The van der Waals surface area contributed by atoms with Gasteiger partial charge in [0.25, 0.3) is 5.22 Å². The smallest absolute Gasteiger partial charge is 0.277 e. The molecule has 0 radical (unpaired) electrons. The molecule has 0 saturated carbocycles. The highest BCUT2D eigenvalue weighted by Gasteiger charge is 2.12. The van der Waals surface area contributed by atoms with Gasteiger partial charge >= 0.3 is 0 Å². The fourth-order valence-electron chi connectivity index (χ4n) is 2.33. The third-order valence-electron chi connectivity index (χ3n) is 3.72. The Labute approximate surface area is 152 Å². The van der Waals surface area contributed by atoms with Crippen molar-refractivity contribution in [3.05, 3.63) is 24.3 Å². The maximum absolute atomic E-state index is 12.0. The summed E-state index contributed by atoms with van der Waals surface area (Å²) in [5, 5.41) is 11.4. The number of amides is 1. The Balaban J connectivity index is 1.79. The third kappa shape index (κ3) is 6.42. The molecule has 25 heavy (non-hydrogen) atoms. The summed E-state index contributed by atoms with van der Waals surface area (Å²) in [6.45, 7) is 4.21. The number of ether oxygens (including phenoxy) is 1. The molecule has 7 heteroatoms. The van der Waals surface area contributed by atoms with Crippen molar-refractivity contribution < 1.29 is 13.9 Å². The number of nitrogens with one attached hydrogen (secondary N) is 1. The van der Waals surface area contributed by atoms with E-state index in [0.29, 0.717) is 11.1 Å². The van der Waals surface area contributed by atoms with Crippen LogP contribution in [0.5, 0.6) is 5.75 Å². The number of hydrogen-bond donors (Lipinski definition) is 1. The van der Waals surface area contributed by atoms with Crippen LogP contribution in [-0.4, -0.2) is 35.0 Å². The summed E-state index contributed by atoms with van der Waals surface area (Å²) >= 11 is 1.25. The molecule has 0 aliphatic rings. The van der Waals surface area contributed by atoms with Crippen LogP contribution in [0.2, 0.25) is 0 Å². The molecule has 1 N–H and O–H groups in total. The highest BCUT2D eigenvalue weighted by atomic mass is 32.2. The van der Waals surface area contributed by atoms with Crippen LogP contribution in [0.15, 0.2) is 33.9 Å². The lowest BCUT2D eigenvalue weighted by Gasteiger charge is -2.12. The predicted molar refractivity (Wildman–Crippen MR) is 98.8 cm³/mol. The molecule has 0 fully saturated rings. The minimum atomic E-state index is -0.0156. The van der Waals surface area contributed by atoms with E-state index in [9.17, 15) is 4.79 Å². The fraction of sp³-hybridized carbons (Fsp3) is 0.500. The molecule has 1 unspecified atom stereocenters. The summed E-state index contributed by atoms with van der Waals surface area (Å²) in [5.74, 6) is 1.45. The molecule has 1 aromatic carbocycles. The van der Waals surface area contributed by atoms with Crippen LogP contribution in [0.4, 0.5) is 0 Å². The lowest BCUT2D eigenvalue weighted by Crippen LogP contribution is -2.33. The molecule has 0 spiro atoms. The molecule has 1 amide bonds. The van der Waals surface area contributed by atoms with E-state index in [1.165, 1.54) is 24.6 Å². The van der Waals surface area contributed by atoms with Crippen molar-refractivity contribution in [1.82, 2.24) is 15.5 Å². The average Bonchev–Trinajstić information content (AvgIpc) is 3.09. The van der Waals surface area contributed by atoms with Crippen molar-refractivity contribution in [3.8, 4) is 17.2 Å². The van der Waals surface area contributed by atoms with Crippen LogP contribution in [0.1, 0.15) is 39.5 Å². The van der Waals surface area contributed by atoms with Crippen LogP contribution < -0.4 is 10.1 Å². The van der Waals surface area contributed by atoms with Crippen molar-refractivity contribution in [1.29, 1.82) is 0 Å². The van der Waals surface area contributed by atoms with Gasteiger partial charge in [0, 0.05) is 11.6 Å². The first-order valence-corrected chi connectivity index (χ1v) is 9.51. The van der Waals surface area contributed by atoms with Crippen LogP contribution >= 0.6 is 11.8 Å². The van der Waals surface area contributed by atoms with E-state index < -0.39 is 0 Å². The van der Waals surface area contributed by atoms with E-state index in [2.05, 4.69) is 22.4 Å². The van der Waals surface area contributed by atoms with E-state index in [1.807, 2.05) is 31.2 Å². The van der Waals surface area contributed by atoms with Gasteiger partial charge in [-0.25, -0.2) is 0 Å². The topological polar surface area (TPSA) is 77.2 Å². The molecule has 0 saturated heterocycles. The summed E-state index contributed by atoms with van der Waals surface area (Å²) in [6, 6.07) is 7.56.